The molecule has 1 heterocycles. The molecule has 0 saturated heterocycles. The molecular formula is C23H21NO5. The van der Waals surface area contributed by atoms with Crippen molar-refractivity contribution in [2.45, 2.75) is 13.8 Å². The molecule has 1 aromatic heterocycles. The summed E-state index contributed by atoms with van der Waals surface area (Å²) in [4.78, 5) is 28.4. The van der Waals surface area contributed by atoms with Crippen LogP contribution < -0.4 is 4.74 Å². The first-order chi connectivity index (χ1) is 14.1. The van der Waals surface area contributed by atoms with Crippen LogP contribution in [0.4, 0.5) is 0 Å². The number of nitrogens with one attached hydrogen (secondary N) is 1. The van der Waals surface area contributed by atoms with Gasteiger partial charge in [0.05, 0.1) is 31.5 Å². The van der Waals surface area contributed by atoms with E-state index in [1.807, 2.05) is 36.4 Å². The van der Waals surface area contributed by atoms with Gasteiger partial charge in [-0.2, -0.15) is 0 Å². The van der Waals surface area contributed by atoms with Gasteiger partial charge in [-0.05, 0) is 61.4 Å². The van der Waals surface area contributed by atoms with Crippen molar-refractivity contribution in [3.05, 3.63) is 53.6 Å². The molecule has 2 aliphatic rings. The summed E-state index contributed by atoms with van der Waals surface area (Å²) in [6, 6.07) is 13.0. The van der Waals surface area contributed by atoms with Crippen molar-refractivity contribution in [3.8, 4) is 16.9 Å². The zero-order valence-corrected chi connectivity index (χ0v) is 16.5. The molecule has 0 bridgehead atoms. The fraction of sp³-hybridized carbons (Fsp3) is 0.217. The quantitative estimate of drug-likeness (QED) is 0.495. The average Bonchev–Trinajstić information content (AvgIpc) is 3.19. The molecule has 4 rings (SSSR count). The predicted molar refractivity (Wildman–Crippen MR) is 111 cm³/mol. The summed E-state index contributed by atoms with van der Waals surface area (Å²) in [5.41, 5.74) is 3.82. The number of ether oxygens (including phenoxy) is 3. The molecule has 2 aliphatic carbocycles. The van der Waals surface area contributed by atoms with Crippen molar-refractivity contribution in [2.24, 2.45) is 0 Å². The molecule has 2 aromatic rings. The SMILES string of the molecule is CCOC(=O)c1cc(C(=O)OCC)c2cc3c(ccc1-2)[nH]c1ccc(OC)cc13. The lowest BCUT2D eigenvalue weighted by Crippen LogP contribution is -2.05. The largest absolute Gasteiger partial charge is 0.497 e. The van der Waals surface area contributed by atoms with E-state index < -0.39 is 11.9 Å². The highest BCUT2D eigenvalue weighted by molar-refractivity contribution is 6.13. The Morgan fingerprint density at radius 2 is 1.38 bits per heavy atom. The van der Waals surface area contributed by atoms with Crippen molar-refractivity contribution < 1.29 is 23.8 Å². The molecule has 0 aliphatic heterocycles. The van der Waals surface area contributed by atoms with Crippen LogP contribution in [0.15, 0.2) is 42.5 Å². The Hall–Kier alpha value is -3.54. The number of H-pyrrole nitrogens is 1. The number of carbonyl (C=O) groups is 2. The monoisotopic (exact) mass is 391 g/mol. The summed E-state index contributed by atoms with van der Waals surface area (Å²) in [7, 11) is 1.62. The van der Waals surface area contributed by atoms with Crippen molar-refractivity contribution in [3.63, 3.8) is 0 Å². The number of aromatic nitrogens is 1. The predicted octanol–water partition coefficient (Wildman–Crippen LogP) is 4.79. The van der Waals surface area contributed by atoms with Gasteiger partial charge in [-0.1, -0.05) is 6.07 Å². The maximum Gasteiger partial charge on any atom is 0.338 e. The van der Waals surface area contributed by atoms with Crippen LogP contribution in [0.3, 0.4) is 0 Å². The summed E-state index contributed by atoms with van der Waals surface area (Å²) in [5.74, 6) is -0.194. The number of rotatable bonds is 5. The molecule has 1 aromatic carbocycles. The average molecular weight is 391 g/mol. The number of benzene rings is 1. The lowest BCUT2D eigenvalue weighted by Gasteiger charge is -2.03. The summed E-state index contributed by atoms with van der Waals surface area (Å²) in [5, 5.41) is 1.88. The smallest absolute Gasteiger partial charge is 0.338 e. The van der Waals surface area contributed by atoms with Gasteiger partial charge in [0.15, 0.2) is 0 Å². The molecule has 0 fully saturated rings. The van der Waals surface area contributed by atoms with E-state index >= 15 is 0 Å². The van der Waals surface area contributed by atoms with Crippen LogP contribution >= 0.6 is 0 Å². The maximum absolute atomic E-state index is 12.6. The number of fused-ring (bicyclic) bond motifs is 4. The molecule has 6 nitrogen and oxygen atoms in total. The fourth-order valence-electron chi connectivity index (χ4n) is 3.62. The topological polar surface area (TPSA) is 77.6 Å². The summed E-state index contributed by atoms with van der Waals surface area (Å²) >= 11 is 0. The highest BCUT2D eigenvalue weighted by Gasteiger charge is 2.26. The van der Waals surface area contributed by atoms with Gasteiger partial charge < -0.3 is 19.2 Å². The van der Waals surface area contributed by atoms with E-state index in [-0.39, 0.29) is 13.2 Å². The van der Waals surface area contributed by atoms with Crippen molar-refractivity contribution in [1.82, 2.24) is 4.98 Å². The fourth-order valence-corrected chi connectivity index (χ4v) is 3.62. The lowest BCUT2D eigenvalue weighted by atomic mass is 10.1. The first-order valence-corrected chi connectivity index (χ1v) is 9.47. The van der Waals surface area contributed by atoms with Crippen molar-refractivity contribution in [2.75, 3.05) is 20.3 Å². The third-order valence-electron chi connectivity index (χ3n) is 4.93. The highest BCUT2D eigenvalue weighted by Crippen LogP contribution is 2.37. The van der Waals surface area contributed by atoms with Crippen LogP contribution in [0, 0.1) is 0 Å². The summed E-state index contributed by atoms with van der Waals surface area (Å²) in [6.45, 7) is 4.00. The van der Waals surface area contributed by atoms with Crippen molar-refractivity contribution in [1.29, 1.82) is 0 Å². The van der Waals surface area contributed by atoms with Crippen LogP contribution in [0.1, 0.15) is 34.6 Å². The molecular weight excluding hydrogens is 370 g/mol. The van der Waals surface area contributed by atoms with Gasteiger partial charge in [-0.3, -0.25) is 0 Å². The molecule has 29 heavy (non-hydrogen) atoms. The van der Waals surface area contributed by atoms with Crippen LogP contribution in [-0.4, -0.2) is 37.2 Å². The zero-order chi connectivity index (χ0) is 20.5. The third-order valence-corrected chi connectivity index (χ3v) is 4.93. The Labute approximate surface area is 167 Å². The Morgan fingerprint density at radius 1 is 0.793 bits per heavy atom. The molecule has 0 unspecified atom stereocenters. The molecule has 148 valence electrons. The summed E-state index contributed by atoms with van der Waals surface area (Å²) in [6.07, 6.45) is 0. The van der Waals surface area contributed by atoms with E-state index in [2.05, 4.69) is 4.98 Å². The Balaban J connectivity index is 2.03. The van der Waals surface area contributed by atoms with Gasteiger partial charge in [0.2, 0.25) is 0 Å². The molecule has 6 heteroatoms. The minimum atomic E-state index is -0.468. The number of esters is 2. The second-order valence-electron chi connectivity index (χ2n) is 6.58. The Morgan fingerprint density at radius 3 is 2.00 bits per heavy atom. The minimum absolute atomic E-state index is 0.249. The van der Waals surface area contributed by atoms with Crippen molar-refractivity contribution >= 4 is 33.7 Å². The number of hydrogen-bond donors (Lipinski definition) is 1. The Kier molecular flexibility index (Phi) is 4.84. The Bertz CT molecular complexity index is 1210. The van der Waals surface area contributed by atoms with Gasteiger partial charge >= 0.3 is 11.9 Å². The van der Waals surface area contributed by atoms with E-state index in [1.165, 1.54) is 0 Å². The number of hydrogen-bond acceptors (Lipinski definition) is 5. The van der Waals surface area contributed by atoms with Crippen LogP contribution in [0.25, 0.3) is 32.9 Å². The van der Waals surface area contributed by atoms with Gasteiger partial charge in [-0.25, -0.2) is 9.59 Å². The highest BCUT2D eigenvalue weighted by atomic mass is 16.5. The van der Waals surface area contributed by atoms with Crippen LogP contribution in [0.5, 0.6) is 5.75 Å². The van der Waals surface area contributed by atoms with E-state index in [0.29, 0.717) is 22.3 Å². The van der Waals surface area contributed by atoms with E-state index in [9.17, 15) is 9.59 Å². The van der Waals surface area contributed by atoms with Crippen LogP contribution in [-0.2, 0) is 9.47 Å². The first kappa shape index (κ1) is 18.8. The normalized spacial score (nSPS) is 11.1. The van der Waals surface area contributed by atoms with Crippen LogP contribution in [0.2, 0.25) is 0 Å². The molecule has 0 amide bonds. The van der Waals surface area contributed by atoms with Gasteiger partial charge in [-0.15, -0.1) is 0 Å². The number of aromatic amines is 1. The third kappa shape index (κ3) is 3.16. The van der Waals surface area contributed by atoms with E-state index in [0.717, 1.165) is 27.6 Å². The summed E-state index contributed by atoms with van der Waals surface area (Å²) < 4.78 is 15.8. The van der Waals surface area contributed by atoms with Gasteiger partial charge in [0.1, 0.15) is 5.75 Å². The molecule has 0 radical (unpaired) electrons. The number of methoxy groups -OCH3 is 1. The second-order valence-corrected chi connectivity index (χ2v) is 6.58. The molecule has 0 spiro atoms. The maximum atomic E-state index is 12.6. The molecule has 0 saturated carbocycles. The molecule has 0 atom stereocenters. The first-order valence-electron chi connectivity index (χ1n) is 9.47. The molecule has 1 N–H and O–H groups in total. The van der Waals surface area contributed by atoms with E-state index in [1.54, 1.807) is 27.0 Å². The van der Waals surface area contributed by atoms with Gasteiger partial charge in [0.25, 0.3) is 0 Å². The lowest BCUT2D eigenvalue weighted by molar-refractivity contribution is 0.0525. The zero-order valence-electron chi connectivity index (χ0n) is 16.5. The van der Waals surface area contributed by atoms with E-state index in [4.69, 9.17) is 14.2 Å². The standard InChI is InChI=1S/C23H21NO5/c1-4-28-22(25)18-12-19(23(26)29-5-2)15-11-17-16-10-13(27-3)6-8-20(16)24-21(17)9-7-14(15)18/h6-12,24H,4-5H2,1-3H3. The minimum Gasteiger partial charge on any atom is -0.497 e. The van der Waals surface area contributed by atoms with Gasteiger partial charge in [0, 0.05) is 21.8 Å². The number of carbonyl (C=O) groups excluding carboxylic acids is 2. The second kappa shape index (κ2) is 7.47.